The van der Waals surface area contributed by atoms with E-state index in [0.717, 1.165) is 19.6 Å². The predicted octanol–water partition coefficient (Wildman–Crippen LogP) is 3.88. The standard InChI is InChI=1S/C10H13Cl3N2O/c1-2-16-5-3-4-14-10-8(12)6-7(11)9(13)15-10/h6H,2-5H2,1H3,(H,14,15). The SMILES string of the molecule is CCOCCCNc1nc(Cl)c(Cl)cc1Cl. The molecule has 1 rings (SSSR count). The molecule has 1 heterocycles. The number of rotatable bonds is 6. The van der Waals surface area contributed by atoms with Gasteiger partial charge < -0.3 is 10.1 Å². The van der Waals surface area contributed by atoms with Crippen LogP contribution in [-0.2, 0) is 4.74 Å². The van der Waals surface area contributed by atoms with Gasteiger partial charge in [0.15, 0.2) is 0 Å². The molecule has 0 saturated carbocycles. The Bertz CT molecular complexity index is 347. The molecule has 0 aromatic carbocycles. The highest BCUT2D eigenvalue weighted by Crippen LogP contribution is 2.28. The summed E-state index contributed by atoms with van der Waals surface area (Å²) in [6, 6.07) is 1.57. The minimum atomic E-state index is 0.248. The highest BCUT2D eigenvalue weighted by molar-refractivity contribution is 6.42. The van der Waals surface area contributed by atoms with E-state index in [-0.39, 0.29) is 5.15 Å². The molecule has 0 bridgehead atoms. The average Bonchev–Trinajstić information content (AvgIpc) is 2.25. The van der Waals surface area contributed by atoms with E-state index in [9.17, 15) is 0 Å². The van der Waals surface area contributed by atoms with Gasteiger partial charge >= 0.3 is 0 Å². The monoisotopic (exact) mass is 282 g/mol. The molecule has 16 heavy (non-hydrogen) atoms. The Labute approximate surface area is 110 Å². The van der Waals surface area contributed by atoms with Gasteiger partial charge in [-0.1, -0.05) is 34.8 Å². The summed E-state index contributed by atoms with van der Waals surface area (Å²) in [6.07, 6.45) is 0.881. The number of ether oxygens (including phenoxy) is 1. The van der Waals surface area contributed by atoms with Crippen molar-refractivity contribution in [2.24, 2.45) is 0 Å². The van der Waals surface area contributed by atoms with Crippen molar-refractivity contribution in [2.75, 3.05) is 25.1 Å². The molecule has 0 spiro atoms. The van der Waals surface area contributed by atoms with Gasteiger partial charge in [0.1, 0.15) is 11.0 Å². The molecular weight excluding hydrogens is 270 g/mol. The zero-order valence-corrected chi connectivity index (χ0v) is 11.2. The summed E-state index contributed by atoms with van der Waals surface area (Å²) in [5.41, 5.74) is 0. The van der Waals surface area contributed by atoms with Crippen molar-refractivity contribution in [2.45, 2.75) is 13.3 Å². The summed E-state index contributed by atoms with van der Waals surface area (Å²) in [5.74, 6) is 0.549. The van der Waals surface area contributed by atoms with Crippen LogP contribution in [0.15, 0.2) is 6.07 Å². The minimum Gasteiger partial charge on any atom is -0.382 e. The quantitative estimate of drug-likeness (QED) is 0.635. The number of hydrogen-bond donors (Lipinski definition) is 1. The second kappa shape index (κ2) is 7.17. The van der Waals surface area contributed by atoms with Gasteiger partial charge in [0.2, 0.25) is 0 Å². The Kier molecular flexibility index (Phi) is 6.21. The fraction of sp³-hybridized carbons (Fsp3) is 0.500. The predicted molar refractivity (Wildman–Crippen MR) is 68.9 cm³/mol. The number of nitrogens with one attached hydrogen (secondary N) is 1. The summed E-state index contributed by atoms with van der Waals surface area (Å²) in [7, 11) is 0. The largest absolute Gasteiger partial charge is 0.382 e. The first-order chi connectivity index (χ1) is 7.65. The van der Waals surface area contributed by atoms with Crippen molar-refractivity contribution in [1.29, 1.82) is 0 Å². The summed E-state index contributed by atoms with van der Waals surface area (Å²) in [4.78, 5) is 4.04. The Morgan fingerprint density at radius 3 is 2.75 bits per heavy atom. The molecule has 0 aliphatic rings. The van der Waals surface area contributed by atoms with Crippen LogP contribution in [0.3, 0.4) is 0 Å². The highest BCUT2D eigenvalue weighted by Gasteiger charge is 2.06. The molecule has 1 N–H and O–H groups in total. The number of pyridine rings is 1. The molecule has 1 aromatic rings. The van der Waals surface area contributed by atoms with Gasteiger partial charge in [0, 0.05) is 19.8 Å². The van der Waals surface area contributed by atoms with Crippen LogP contribution in [0.2, 0.25) is 15.2 Å². The van der Waals surface area contributed by atoms with E-state index in [0.29, 0.717) is 22.5 Å². The number of hydrogen-bond acceptors (Lipinski definition) is 3. The lowest BCUT2D eigenvalue weighted by atomic mass is 10.4. The Hall–Kier alpha value is -0.220. The van der Waals surface area contributed by atoms with E-state index >= 15 is 0 Å². The zero-order valence-electron chi connectivity index (χ0n) is 8.90. The van der Waals surface area contributed by atoms with Gasteiger partial charge in [-0.05, 0) is 19.4 Å². The van der Waals surface area contributed by atoms with Crippen LogP contribution >= 0.6 is 34.8 Å². The Morgan fingerprint density at radius 2 is 2.06 bits per heavy atom. The molecule has 0 atom stereocenters. The topological polar surface area (TPSA) is 34.1 Å². The van der Waals surface area contributed by atoms with Gasteiger partial charge in [0.25, 0.3) is 0 Å². The molecule has 0 radical (unpaired) electrons. The first-order valence-corrected chi connectivity index (χ1v) is 6.11. The number of halogens is 3. The van der Waals surface area contributed by atoms with E-state index in [2.05, 4.69) is 10.3 Å². The molecule has 0 saturated heterocycles. The second-order valence-corrected chi connectivity index (χ2v) is 4.24. The van der Waals surface area contributed by atoms with E-state index in [1.807, 2.05) is 6.92 Å². The molecule has 0 fully saturated rings. The molecule has 0 unspecified atom stereocenters. The molecule has 0 aliphatic heterocycles. The van der Waals surface area contributed by atoms with Crippen molar-refractivity contribution in [1.82, 2.24) is 4.98 Å². The number of anilines is 1. The zero-order chi connectivity index (χ0) is 12.0. The van der Waals surface area contributed by atoms with Gasteiger partial charge in [-0.2, -0.15) is 0 Å². The maximum absolute atomic E-state index is 5.94. The first kappa shape index (κ1) is 13.8. The van der Waals surface area contributed by atoms with E-state index in [1.165, 1.54) is 0 Å². The van der Waals surface area contributed by atoms with Crippen molar-refractivity contribution in [3.63, 3.8) is 0 Å². The Balaban J connectivity index is 2.45. The van der Waals surface area contributed by atoms with Crippen LogP contribution in [0.1, 0.15) is 13.3 Å². The summed E-state index contributed by atoms with van der Waals surface area (Å²) in [5, 5.41) is 4.14. The smallest absolute Gasteiger partial charge is 0.150 e. The highest BCUT2D eigenvalue weighted by atomic mass is 35.5. The molecule has 0 amide bonds. The van der Waals surface area contributed by atoms with E-state index < -0.39 is 0 Å². The van der Waals surface area contributed by atoms with Crippen LogP contribution in [-0.4, -0.2) is 24.7 Å². The van der Waals surface area contributed by atoms with Gasteiger partial charge in [-0.25, -0.2) is 4.98 Å². The number of nitrogens with zero attached hydrogens (tertiary/aromatic N) is 1. The van der Waals surface area contributed by atoms with Gasteiger partial charge in [0.05, 0.1) is 10.0 Å². The molecular formula is C10H13Cl3N2O. The maximum Gasteiger partial charge on any atom is 0.150 e. The van der Waals surface area contributed by atoms with Crippen LogP contribution < -0.4 is 5.32 Å². The fourth-order valence-electron chi connectivity index (χ4n) is 1.09. The third kappa shape index (κ3) is 4.34. The fourth-order valence-corrected chi connectivity index (χ4v) is 1.66. The Morgan fingerprint density at radius 1 is 1.31 bits per heavy atom. The molecule has 1 aromatic heterocycles. The second-order valence-electron chi connectivity index (χ2n) is 3.07. The molecule has 6 heteroatoms. The summed E-state index contributed by atoms with van der Waals surface area (Å²) >= 11 is 17.5. The van der Waals surface area contributed by atoms with Crippen molar-refractivity contribution in [3.8, 4) is 0 Å². The molecule has 90 valence electrons. The lowest BCUT2D eigenvalue weighted by Gasteiger charge is -2.08. The van der Waals surface area contributed by atoms with Crippen molar-refractivity contribution in [3.05, 3.63) is 21.3 Å². The average molecular weight is 284 g/mol. The van der Waals surface area contributed by atoms with Gasteiger partial charge in [-0.15, -0.1) is 0 Å². The van der Waals surface area contributed by atoms with Gasteiger partial charge in [-0.3, -0.25) is 0 Å². The normalized spacial score (nSPS) is 10.5. The van der Waals surface area contributed by atoms with Crippen LogP contribution in [0.5, 0.6) is 0 Å². The molecule has 3 nitrogen and oxygen atoms in total. The van der Waals surface area contributed by atoms with Crippen LogP contribution in [0, 0.1) is 0 Å². The molecule has 0 aliphatic carbocycles. The first-order valence-electron chi connectivity index (χ1n) is 4.98. The van der Waals surface area contributed by atoms with E-state index in [4.69, 9.17) is 39.5 Å². The third-order valence-electron chi connectivity index (χ3n) is 1.85. The van der Waals surface area contributed by atoms with Crippen LogP contribution in [0.25, 0.3) is 0 Å². The maximum atomic E-state index is 5.94. The number of aromatic nitrogens is 1. The lowest BCUT2D eigenvalue weighted by Crippen LogP contribution is -2.07. The lowest BCUT2D eigenvalue weighted by molar-refractivity contribution is 0.147. The van der Waals surface area contributed by atoms with E-state index in [1.54, 1.807) is 6.07 Å². The summed E-state index contributed by atoms with van der Waals surface area (Å²) < 4.78 is 5.20. The third-order valence-corrected chi connectivity index (χ3v) is 2.81. The van der Waals surface area contributed by atoms with Crippen molar-refractivity contribution >= 4 is 40.6 Å². The van der Waals surface area contributed by atoms with Crippen molar-refractivity contribution < 1.29 is 4.74 Å². The van der Waals surface area contributed by atoms with Crippen LogP contribution in [0.4, 0.5) is 5.82 Å². The minimum absolute atomic E-state index is 0.248. The summed E-state index contributed by atoms with van der Waals surface area (Å²) in [6.45, 7) is 4.13.